The first kappa shape index (κ1) is 17.6. The Morgan fingerprint density at radius 3 is 2.85 bits per heavy atom. The predicted octanol–water partition coefficient (Wildman–Crippen LogP) is 3.24. The monoisotopic (exact) mass is 363 g/mol. The standard InChI is InChI=1S/C20H25N7/c1-4-14-11-17(24-20(23-14)16-7-5-6-10-21-16)22-15-8-9-18-25-19(13(2)3)26-27(18)12-15/h5-7,10-11,13,15H,4,8-9,12H2,1-3H3,(H,22,23,24). The van der Waals surface area contributed by atoms with Crippen LogP contribution in [0.5, 0.6) is 0 Å². The highest BCUT2D eigenvalue weighted by atomic mass is 15.4. The Balaban J connectivity index is 1.55. The van der Waals surface area contributed by atoms with Crippen LogP contribution in [-0.4, -0.2) is 35.8 Å². The molecular formula is C20H25N7. The lowest BCUT2D eigenvalue weighted by atomic mass is 10.1. The maximum atomic E-state index is 4.71. The van der Waals surface area contributed by atoms with Gasteiger partial charge in [0.2, 0.25) is 0 Å². The van der Waals surface area contributed by atoms with Crippen LogP contribution in [0.3, 0.4) is 0 Å². The molecule has 0 aromatic carbocycles. The number of nitrogens with one attached hydrogen (secondary N) is 1. The molecule has 1 N–H and O–H groups in total. The average Bonchev–Trinajstić information content (AvgIpc) is 3.12. The first-order chi connectivity index (χ1) is 13.1. The molecule has 4 heterocycles. The van der Waals surface area contributed by atoms with Gasteiger partial charge in [-0.25, -0.2) is 19.6 Å². The van der Waals surface area contributed by atoms with Crippen molar-refractivity contribution in [3.8, 4) is 11.5 Å². The molecule has 0 spiro atoms. The van der Waals surface area contributed by atoms with Gasteiger partial charge in [-0.2, -0.15) is 5.10 Å². The van der Waals surface area contributed by atoms with Gasteiger partial charge in [0.15, 0.2) is 11.6 Å². The molecule has 0 fully saturated rings. The van der Waals surface area contributed by atoms with Crippen molar-refractivity contribution >= 4 is 5.82 Å². The third-order valence-electron chi connectivity index (χ3n) is 4.78. The lowest BCUT2D eigenvalue weighted by Crippen LogP contribution is -2.32. The van der Waals surface area contributed by atoms with E-state index in [9.17, 15) is 0 Å². The summed E-state index contributed by atoms with van der Waals surface area (Å²) in [5.41, 5.74) is 1.80. The molecule has 0 saturated carbocycles. The zero-order valence-corrected chi connectivity index (χ0v) is 16.1. The zero-order valence-electron chi connectivity index (χ0n) is 16.1. The fourth-order valence-electron chi connectivity index (χ4n) is 3.26. The number of hydrogen-bond acceptors (Lipinski definition) is 6. The van der Waals surface area contributed by atoms with Crippen molar-refractivity contribution in [3.63, 3.8) is 0 Å². The van der Waals surface area contributed by atoms with E-state index in [-0.39, 0.29) is 6.04 Å². The Labute approximate surface area is 159 Å². The second-order valence-corrected chi connectivity index (χ2v) is 7.24. The minimum atomic E-state index is 0.274. The molecular weight excluding hydrogens is 338 g/mol. The molecule has 0 amide bonds. The summed E-state index contributed by atoms with van der Waals surface area (Å²) in [5, 5.41) is 8.24. The molecule has 27 heavy (non-hydrogen) atoms. The Kier molecular flexibility index (Phi) is 4.83. The summed E-state index contributed by atoms with van der Waals surface area (Å²) < 4.78 is 2.04. The number of anilines is 1. The van der Waals surface area contributed by atoms with Crippen LogP contribution in [0.4, 0.5) is 5.82 Å². The zero-order chi connectivity index (χ0) is 18.8. The van der Waals surface area contributed by atoms with Crippen LogP contribution in [0.15, 0.2) is 30.5 Å². The summed E-state index contributed by atoms with van der Waals surface area (Å²) >= 11 is 0. The molecule has 1 aliphatic heterocycles. The predicted molar refractivity (Wildman–Crippen MR) is 104 cm³/mol. The van der Waals surface area contributed by atoms with Gasteiger partial charge in [0.1, 0.15) is 17.3 Å². The van der Waals surface area contributed by atoms with Gasteiger partial charge in [0.25, 0.3) is 0 Å². The van der Waals surface area contributed by atoms with Gasteiger partial charge in [-0.15, -0.1) is 0 Å². The average molecular weight is 363 g/mol. The first-order valence-corrected chi connectivity index (χ1v) is 9.62. The fraction of sp³-hybridized carbons (Fsp3) is 0.450. The number of pyridine rings is 1. The number of rotatable bonds is 5. The van der Waals surface area contributed by atoms with Crippen LogP contribution in [0.1, 0.15) is 50.5 Å². The minimum absolute atomic E-state index is 0.274. The SMILES string of the molecule is CCc1cc(NC2CCc3nc(C(C)C)nn3C2)nc(-c2ccccn2)n1. The van der Waals surface area contributed by atoms with Crippen LogP contribution in [-0.2, 0) is 19.4 Å². The second-order valence-electron chi connectivity index (χ2n) is 7.24. The van der Waals surface area contributed by atoms with E-state index < -0.39 is 0 Å². The van der Waals surface area contributed by atoms with Gasteiger partial charge in [-0.05, 0) is 25.0 Å². The summed E-state index contributed by atoms with van der Waals surface area (Å²) in [6, 6.07) is 8.10. The van der Waals surface area contributed by atoms with E-state index in [0.29, 0.717) is 11.7 Å². The van der Waals surface area contributed by atoms with Crippen molar-refractivity contribution in [2.24, 2.45) is 0 Å². The van der Waals surface area contributed by atoms with Gasteiger partial charge in [0.05, 0.1) is 6.54 Å². The summed E-state index contributed by atoms with van der Waals surface area (Å²) in [5.74, 6) is 3.88. The Morgan fingerprint density at radius 1 is 1.22 bits per heavy atom. The molecule has 4 rings (SSSR count). The van der Waals surface area contributed by atoms with Crippen LogP contribution in [0.2, 0.25) is 0 Å². The number of hydrogen-bond donors (Lipinski definition) is 1. The van der Waals surface area contributed by atoms with Crippen molar-refractivity contribution < 1.29 is 0 Å². The van der Waals surface area contributed by atoms with Gasteiger partial charge in [0, 0.05) is 36.3 Å². The minimum Gasteiger partial charge on any atom is -0.365 e. The Bertz CT molecular complexity index is 917. The van der Waals surface area contributed by atoms with Gasteiger partial charge >= 0.3 is 0 Å². The van der Waals surface area contributed by atoms with Crippen molar-refractivity contribution in [2.45, 2.75) is 58.5 Å². The highest BCUT2D eigenvalue weighted by molar-refractivity contribution is 5.53. The van der Waals surface area contributed by atoms with E-state index >= 15 is 0 Å². The molecule has 7 nitrogen and oxygen atoms in total. The maximum absolute atomic E-state index is 4.71. The van der Waals surface area contributed by atoms with Crippen LogP contribution < -0.4 is 5.32 Å². The van der Waals surface area contributed by atoms with Crippen molar-refractivity contribution in [1.82, 2.24) is 29.7 Å². The lowest BCUT2D eigenvalue weighted by Gasteiger charge is -2.24. The number of fused-ring (bicyclic) bond motifs is 1. The number of aromatic nitrogens is 6. The molecule has 1 aliphatic rings. The van der Waals surface area contributed by atoms with Gasteiger partial charge in [-0.3, -0.25) is 4.98 Å². The highest BCUT2D eigenvalue weighted by Gasteiger charge is 2.23. The Hall–Kier alpha value is -2.83. The molecule has 3 aromatic heterocycles. The summed E-state index contributed by atoms with van der Waals surface area (Å²) in [6.07, 6.45) is 4.56. The van der Waals surface area contributed by atoms with E-state index in [0.717, 1.165) is 54.7 Å². The highest BCUT2D eigenvalue weighted by Crippen LogP contribution is 2.21. The smallest absolute Gasteiger partial charge is 0.180 e. The molecule has 0 aliphatic carbocycles. The van der Waals surface area contributed by atoms with Gasteiger partial charge in [-0.1, -0.05) is 26.8 Å². The molecule has 3 aromatic rings. The quantitative estimate of drug-likeness (QED) is 0.749. The molecule has 1 unspecified atom stereocenters. The van der Waals surface area contributed by atoms with Crippen molar-refractivity contribution in [3.05, 3.63) is 47.8 Å². The second kappa shape index (κ2) is 7.42. The summed E-state index contributed by atoms with van der Waals surface area (Å²) in [4.78, 5) is 18.4. The van der Waals surface area contributed by atoms with Crippen LogP contribution >= 0.6 is 0 Å². The Morgan fingerprint density at radius 2 is 2.11 bits per heavy atom. The third kappa shape index (κ3) is 3.82. The number of aryl methyl sites for hydroxylation is 2. The largest absolute Gasteiger partial charge is 0.365 e. The van der Waals surface area contributed by atoms with E-state index in [1.54, 1.807) is 6.20 Å². The van der Waals surface area contributed by atoms with E-state index in [1.165, 1.54) is 0 Å². The normalized spacial score (nSPS) is 16.4. The van der Waals surface area contributed by atoms with E-state index in [4.69, 9.17) is 4.98 Å². The molecule has 1 atom stereocenters. The topological polar surface area (TPSA) is 81.4 Å². The molecule has 0 radical (unpaired) electrons. The van der Waals surface area contributed by atoms with Crippen molar-refractivity contribution in [2.75, 3.05) is 5.32 Å². The first-order valence-electron chi connectivity index (χ1n) is 9.62. The van der Waals surface area contributed by atoms with E-state index in [2.05, 4.69) is 46.1 Å². The molecule has 7 heteroatoms. The van der Waals surface area contributed by atoms with Gasteiger partial charge < -0.3 is 5.32 Å². The molecule has 0 bridgehead atoms. The third-order valence-corrected chi connectivity index (χ3v) is 4.78. The van der Waals surface area contributed by atoms with E-state index in [1.807, 2.05) is 28.9 Å². The summed E-state index contributed by atoms with van der Waals surface area (Å²) in [7, 11) is 0. The molecule has 0 saturated heterocycles. The fourth-order valence-corrected chi connectivity index (χ4v) is 3.26. The van der Waals surface area contributed by atoms with Crippen molar-refractivity contribution in [1.29, 1.82) is 0 Å². The van der Waals surface area contributed by atoms with Crippen LogP contribution in [0, 0.1) is 0 Å². The van der Waals surface area contributed by atoms with Crippen LogP contribution in [0.25, 0.3) is 11.5 Å². The number of nitrogens with zero attached hydrogens (tertiary/aromatic N) is 6. The maximum Gasteiger partial charge on any atom is 0.180 e. The summed E-state index contributed by atoms with van der Waals surface area (Å²) in [6.45, 7) is 7.16. The molecule has 140 valence electrons. The lowest BCUT2D eigenvalue weighted by molar-refractivity contribution is 0.439.